The predicted molar refractivity (Wildman–Crippen MR) is 75.2 cm³/mol. The first-order valence-electron chi connectivity index (χ1n) is 6.35. The minimum atomic E-state index is 0.467. The molecule has 0 amide bonds. The molecule has 0 aliphatic heterocycles. The molecular weight excluding hydrogens is 256 g/mol. The van der Waals surface area contributed by atoms with E-state index >= 15 is 0 Å². The maximum atomic E-state index is 5.59. The predicted octanol–water partition coefficient (Wildman–Crippen LogP) is 3.07. The standard InChI is InChI=1S/C14H14N4O2/c1-3-19-11-7-5-4-6-10(11)17-13-12-9(2)18-20-14(12)16-8-15-13/h4-8H,3H2,1-2H3,(H,15,16,17). The average Bonchev–Trinajstić information content (AvgIpc) is 2.84. The summed E-state index contributed by atoms with van der Waals surface area (Å²) in [5.41, 5.74) is 2.06. The van der Waals surface area contributed by atoms with E-state index in [2.05, 4.69) is 20.4 Å². The van der Waals surface area contributed by atoms with Crippen molar-refractivity contribution in [2.24, 2.45) is 0 Å². The van der Waals surface area contributed by atoms with Crippen LogP contribution in [0, 0.1) is 6.92 Å². The Hall–Kier alpha value is -2.63. The number of hydrogen-bond acceptors (Lipinski definition) is 6. The van der Waals surface area contributed by atoms with Crippen LogP contribution in [0.25, 0.3) is 11.1 Å². The van der Waals surface area contributed by atoms with Gasteiger partial charge in [0.2, 0.25) is 0 Å². The molecule has 2 heterocycles. The smallest absolute Gasteiger partial charge is 0.263 e. The lowest BCUT2D eigenvalue weighted by molar-refractivity contribution is 0.342. The van der Waals surface area contributed by atoms with Crippen LogP contribution in [0.4, 0.5) is 11.5 Å². The Balaban J connectivity index is 2.03. The zero-order valence-corrected chi connectivity index (χ0v) is 11.3. The Labute approximate surface area is 115 Å². The highest BCUT2D eigenvalue weighted by atomic mass is 16.5. The molecule has 3 aromatic rings. The van der Waals surface area contributed by atoms with Crippen molar-refractivity contribution < 1.29 is 9.26 Å². The van der Waals surface area contributed by atoms with Gasteiger partial charge >= 0.3 is 0 Å². The number of para-hydroxylation sites is 2. The number of rotatable bonds is 4. The average molecular weight is 270 g/mol. The number of hydrogen-bond donors (Lipinski definition) is 1. The van der Waals surface area contributed by atoms with Gasteiger partial charge in [-0.25, -0.2) is 4.98 Å². The number of benzene rings is 1. The van der Waals surface area contributed by atoms with Gasteiger partial charge in [-0.2, -0.15) is 4.98 Å². The van der Waals surface area contributed by atoms with Crippen LogP contribution in [-0.4, -0.2) is 21.7 Å². The molecule has 0 saturated heterocycles. The molecule has 0 fully saturated rings. The van der Waals surface area contributed by atoms with E-state index in [1.54, 1.807) is 0 Å². The Bertz CT molecular complexity index is 739. The molecular formula is C14H14N4O2. The fourth-order valence-electron chi connectivity index (χ4n) is 2.00. The lowest BCUT2D eigenvalue weighted by Crippen LogP contribution is -2.00. The molecule has 6 heteroatoms. The van der Waals surface area contributed by atoms with Crippen LogP contribution < -0.4 is 10.1 Å². The molecule has 1 N–H and O–H groups in total. The van der Waals surface area contributed by atoms with E-state index in [-0.39, 0.29) is 0 Å². The molecule has 0 bridgehead atoms. The van der Waals surface area contributed by atoms with Crippen LogP contribution in [0.1, 0.15) is 12.6 Å². The van der Waals surface area contributed by atoms with Gasteiger partial charge in [0.05, 0.1) is 18.0 Å². The maximum absolute atomic E-state index is 5.59. The Morgan fingerprint density at radius 1 is 1.25 bits per heavy atom. The Morgan fingerprint density at radius 3 is 2.95 bits per heavy atom. The third kappa shape index (κ3) is 2.16. The number of nitrogens with zero attached hydrogens (tertiary/aromatic N) is 3. The Morgan fingerprint density at radius 2 is 2.10 bits per heavy atom. The van der Waals surface area contributed by atoms with Gasteiger partial charge in [-0.15, -0.1) is 0 Å². The number of anilines is 2. The summed E-state index contributed by atoms with van der Waals surface area (Å²) in [4.78, 5) is 8.31. The zero-order chi connectivity index (χ0) is 13.9. The first kappa shape index (κ1) is 12.4. The SMILES string of the molecule is CCOc1ccccc1Nc1ncnc2onc(C)c12. The second-order valence-electron chi connectivity index (χ2n) is 4.22. The number of aryl methyl sites for hydroxylation is 1. The topological polar surface area (TPSA) is 73.1 Å². The van der Waals surface area contributed by atoms with Gasteiger partial charge in [-0.3, -0.25) is 0 Å². The van der Waals surface area contributed by atoms with E-state index in [0.717, 1.165) is 22.5 Å². The van der Waals surface area contributed by atoms with Crippen LogP contribution >= 0.6 is 0 Å². The van der Waals surface area contributed by atoms with Crippen LogP contribution in [0.5, 0.6) is 5.75 Å². The summed E-state index contributed by atoms with van der Waals surface area (Å²) in [6, 6.07) is 7.70. The molecule has 20 heavy (non-hydrogen) atoms. The summed E-state index contributed by atoms with van der Waals surface area (Å²) in [6.45, 7) is 4.41. The highest BCUT2D eigenvalue weighted by Crippen LogP contribution is 2.30. The molecule has 6 nitrogen and oxygen atoms in total. The molecule has 0 radical (unpaired) electrons. The van der Waals surface area contributed by atoms with Crippen molar-refractivity contribution in [2.45, 2.75) is 13.8 Å². The minimum absolute atomic E-state index is 0.467. The normalized spacial score (nSPS) is 10.7. The zero-order valence-electron chi connectivity index (χ0n) is 11.3. The molecule has 0 aliphatic rings. The van der Waals surface area contributed by atoms with Crippen molar-refractivity contribution in [2.75, 3.05) is 11.9 Å². The third-order valence-corrected chi connectivity index (χ3v) is 2.88. The highest BCUT2D eigenvalue weighted by molar-refractivity contribution is 5.89. The van der Waals surface area contributed by atoms with E-state index in [9.17, 15) is 0 Å². The number of aromatic nitrogens is 3. The van der Waals surface area contributed by atoms with Gasteiger partial charge in [-0.1, -0.05) is 17.3 Å². The third-order valence-electron chi connectivity index (χ3n) is 2.88. The minimum Gasteiger partial charge on any atom is -0.492 e. The molecule has 1 aromatic carbocycles. The first-order chi connectivity index (χ1) is 9.79. The van der Waals surface area contributed by atoms with E-state index < -0.39 is 0 Å². The van der Waals surface area contributed by atoms with Crippen LogP contribution in [-0.2, 0) is 0 Å². The van der Waals surface area contributed by atoms with Crippen LogP contribution in [0.3, 0.4) is 0 Å². The molecule has 0 aliphatic carbocycles. The van der Waals surface area contributed by atoms with E-state index in [4.69, 9.17) is 9.26 Å². The molecule has 2 aromatic heterocycles. The fraction of sp³-hybridized carbons (Fsp3) is 0.214. The molecule has 102 valence electrons. The van der Waals surface area contributed by atoms with Crippen molar-refractivity contribution >= 4 is 22.6 Å². The van der Waals surface area contributed by atoms with Gasteiger partial charge < -0.3 is 14.6 Å². The summed E-state index contributed by atoms with van der Waals surface area (Å²) in [6.07, 6.45) is 1.44. The lowest BCUT2D eigenvalue weighted by Gasteiger charge is -2.11. The van der Waals surface area contributed by atoms with E-state index in [1.807, 2.05) is 38.1 Å². The van der Waals surface area contributed by atoms with Gasteiger partial charge in [-0.05, 0) is 26.0 Å². The molecule has 0 saturated carbocycles. The van der Waals surface area contributed by atoms with Crippen molar-refractivity contribution in [3.05, 3.63) is 36.3 Å². The molecule has 0 spiro atoms. The number of fused-ring (bicyclic) bond motifs is 1. The van der Waals surface area contributed by atoms with Crippen LogP contribution in [0.15, 0.2) is 35.1 Å². The summed E-state index contributed by atoms with van der Waals surface area (Å²) in [7, 11) is 0. The Kier molecular flexibility index (Phi) is 3.20. The van der Waals surface area contributed by atoms with Crippen LogP contribution in [0.2, 0.25) is 0 Å². The monoisotopic (exact) mass is 270 g/mol. The summed E-state index contributed by atoms with van der Waals surface area (Å²) < 4.78 is 10.7. The van der Waals surface area contributed by atoms with Crippen molar-refractivity contribution in [1.29, 1.82) is 0 Å². The number of nitrogens with one attached hydrogen (secondary N) is 1. The van der Waals surface area contributed by atoms with E-state index in [1.165, 1.54) is 6.33 Å². The van der Waals surface area contributed by atoms with Crippen molar-refractivity contribution in [1.82, 2.24) is 15.1 Å². The molecule has 0 unspecified atom stereocenters. The van der Waals surface area contributed by atoms with Gasteiger partial charge in [0.1, 0.15) is 23.3 Å². The first-order valence-corrected chi connectivity index (χ1v) is 6.35. The lowest BCUT2D eigenvalue weighted by atomic mass is 10.2. The second kappa shape index (κ2) is 5.16. The van der Waals surface area contributed by atoms with Gasteiger partial charge in [0, 0.05) is 0 Å². The van der Waals surface area contributed by atoms with E-state index in [0.29, 0.717) is 18.1 Å². The van der Waals surface area contributed by atoms with Crippen molar-refractivity contribution in [3.8, 4) is 5.75 Å². The van der Waals surface area contributed by atoms with Gasteiger partial charge in [0.15, 0.2) is 0 Å². The number of ether oxygens (including phenoxy) is 1. The quantitative estimate of drug-likeness (QED) is 0.785. The van der Waals surface area contributed by atoms with Gasteiger partial charge in [0.25, 0.3) is 5.71 Å². The largest absolute Gasteiger partial charge is 0.492 e. The van der Waals surface area contributed by atoms with Crippen molar-refractivity contribution in [3.63, 3.8) is 0 Å². The second-order valence-corrected chi connectivity index (χ2v) is 4.22. The highest BCUT2D eigenvalue weighted by Gasteiger charge is 2.13. The maximum Gasteiger partial charge on any atom is 0.263 e. The summed E-state index contributed by atoms with van der Waals surface area (Å²) in [5, 5.41) is 7.94. The fourth-order valence-corrected chi connectivity index (χ4v) is 2.00. The summed E-state index contributed by atoms with van der Waals surface area (Å²) >= 11 is 0. The summed E-state index contributed by atoms with van der Waals surface area (Å²) in [5.74, 6) is 1.43. The molecule has 3 rings (SSSR count). The molecule has 0 atom stereocenters.